The maximum atomic E-state index is 13.9. The first-order valence-electron chi connectivity index (χ1n) is 13.4. The molecule has 3 aromatic rings. The second kappa shape index (κ2) is 11.6. The maximum Gasteiger partial charge on any atom is 0.250 e. The largest absolute Gasteiger partial charge is 0.497 e. The molecule has 0 unspecified atom stereocenters. The van der Waals surface area contributed by atoms with Gasteiger partial charge in [-0.2, -0.15) is 0 Å². The van der Waals surface area contributed by atoms with Crippen LogP contribution in [0.25, 0.3) is 0 Å². The summed E-state index contributed by atoms with van der Waals surface area (Å²) in [5.41, 5.74) is 1.94. The van der Waals surface area contributed by atoms with Crippen molar-refractivity contribution >= 4 is 29.1 Å². The number of likely N-dealkylation sites (tertiary alicyclic amines) is 1. The Kier molecular flexibility index (Phi) is 7.81. The molecule has 2 aliphatic rings. The summed E-state index contributed by atoms with van der Waals surface area (Å²) < 4.78 is 5.17. The fourth-order valence-corrected chi connectivity index (χ4v) is 5.55. The van der Waals surface area contributed by atoms with Gasteiger partial charge in [0.15, 0.2) is 0 Å². The summed E-state index contributed by atoms with van der Waals surface area (Å²) in [6.07, 6.45) is 2.20. The lowest BCUT2D eigenvalue weighted by Crippen LogP contribution is -2.57. The van der Waals surface area contributed by atoms with Gasteiger partial charge in [0.2, 0.25) is 11.8 Å². The fourth-order valence-electron chi connectivity index (χ4n) is 5.55. The van der Waals surface area contributed by atoms with E-state index in [-0.39, 0.29) is 24.3 Å². The van der Waals surface area contributed by atoms with Crippen LogP contribution in [0, 0.1) is 0 Å². The zero-order chi connectivity index (χ0) is 27.2. The Labute approximate surface area is 229 Å². The van der Waals surface area contributed by atoms with Crippen molar-refractivity contribution < 1.29 is 19.1 Å². The third-order valence-electron chi connectivity index (χ3n) is 7.70. The number of rotatable bonds is 8. The number of aryl methyl sites for hydroxylation is 1. The van der Waals surface area contributed by atoms with Crippen LogP contribution in [0.4, 0.5) is 11.4 Å². The Hall–Kier alpha value is -4.33. The van der Waals surface area contributed by atoms with Gasteiger partial charge >= 0.3 is 0 Å². The second-order valence-corrected chi connectivity index (χ2v) is 10.1. The van der Waals surface area contributed by atoms with Crippen molar-refractivity contribution in [3.8, 4) is 5.75 Å². The van der Waals surface area contributed by atoms with Crippen LogP contribution in [-0.2, 0) is 20.8 Å². The molecule has 8 heteroatoms. The number of nitrogens with zero attached hydrogens (tertiary/aromatic N) is 3. The topological polar surface area (TPSA) is 82.2 Å². The van der Waals surface area contributed by atoms with E-state index in [9.17, 15) is 14.4 Å². The number of carbonyl (C=O) groups is 3. The van der Waals surface area contributed by atoms with Crippen LogP contribution in [0.3, 0.4) is 0 Å². The Bertz CT molecular complexity index is 1290. The van der Waals surface area contributed by atoms with Gasteiger partial charge in [0.05, 0.1) is 13.8 Å². The Balaban J connectivity index is 1.26. The number of carbonyl (C=O) groups excluding carboxylic acids is 3. The van der Waals surface area contributed by atoms with E-state index in [1.807, 2.05) is 65.6 Å². The summed E-state index contributed by atoms with van der Waals surface area (Å²) in [5, 5.41) is 2.88. The number of nitrogens with one attached hydrogen (secondary N) is 1. The van der Waals surface area contributed by atoms with Crippen molar-refractivity contribution in [3.63, 3.8) is 0 Å². The predicted octanol–water partition coefficient (Wildman–Crippen LogP) is 3.93. The molecule has 2 aliphatic heterocycles. The predicted molar refractivity (Wildman–Crippen MR) is 150 cm³/mol. The van der Waals surface area contributed by atoms with Gasteiger partial charge in [-0.15, -0.1) is 0 Å². The van der Waals surface area contributed by atoms with Gasteiger partial charge in [0, 0.05) is 30.9 Å². The standard InChI is InChI=1S/C31H34N4O4/c1-39-27-15-13-25(14-16-27)32-28(36)22-34-23-35(26-10-6-3-7-11-26)31(30(34)38)18-20-33(21-19-31)29(37)17-12-24-8-4-2-5-9-24/h2-11,13-16H,12,17-23H2,1H3,(H,32,36). The molecule has 2 heterocycles. The smallest absolute Gasteiger partial charge is 0.250 e. The number of para-hydroxylation sites is 1. The molecule has 0 saturated carbocycles. The van der Waals surface area contributed by atoms with Crippen LogP contribution in [-0.4, -0.2) is 66.5 Å². The molecule has 0 atom stereocenters. The van der Waals surface area contributed by atoms with Crippen LogP contribution < -0.4 is 15.0 Å². The minimum Gasteiger partial charge on any atom is -0.497 e. The number of hydrogen-bond acceptors (Lipinski definition) is 5. The zero-order valence-electron chi connectivity index (χ0n) is 22.2. The van der Waals surface area contributed by atoms with Gasteiger partial charge in [-0.25, -0.2) is 0 Å². The van der Waals surface area contributed by atoms with E-state index in [2.05, 4.69) is 10.2 Å². The molecule has 3 amide bonds. The highest BCUT2D eigenvalue weighted by Gasteiger charge is 2.54. The first-order valence-corrected chi connectivity index (χ1v) is 13.4. The van der Waals surface area contributed by atoms with E-state index in [0.29, 0.717) is 56.9 Å². The zero-order valence-corrected chi connectivity index (χ0v) is 22.2. The molecule has 8 nitrogen and oxygen atoms in total. The Morgan fingerprint density at radius 1 is 0.897 bits per heavy atom. The lowest BCUT2D eigenvalue weighted by molar-refractivity contribution is -0.139. The summed E-state index contributed by atoms with van der Waals surface area (Å²) in [5.74, 6) is 0.494. The van der Waals surface area contributed by atoms with Crippen LogP contribution >= 0.6 is 0 Å². The van der Waals surface area contributed by atoms with Crippen molar-refractivity contribution in [2.75, 3.05) is 43.6 Å². The Morgan fingerprint density at radius 3 is 2.18 bits per heavy atom. The van der Waals surface area contributed by atoms with E-state index >= 15 is 0 Å². The number of piperidine rings is 1. The lowest BCUT2D eigenvalue weighted by Gasteiger charge is -2.43. The molecule has 2 saturated heterocycles. The molecule has 0 radical (unpaired) electrons. The van der Waals surface area contributed by atoms with Gasteiger partial charge < -0.3 is 24.8 Å². The number of benzene rings is 3. The highest BCUT2D eigenvalue weighted by atomic mass is 16.5. The first-order chi connectivity index (χ1) is 19.0. The number of anilines is 2. The van der Waals surface area contributed by atoms with Crippen LogP contribution in [0.2, 0.25) is 0 Å². The molecule has 3 aromatic carbocycles. The minimum atomic E-state index is -0.780. The van der Waals surface area contributed by atoms with Crippen LogP contribution in [0.5, 0.6) is 5.75 Å². The van der Waals surface area contributed by atoms with Crippen LogP contribution in [0.1, 0.15) is 24.8 Å². The molecular formula is C31H34N4O4. The average Bonchev–Trinajstić information content (AvgIpc) is 3.23. The highest BCUT2D eigenvalue weighted by Crippen LogP contribution is 2.39. The maximum absolute atomic E-state index is 13.9. The van der Waals surface area contributed by atoms with Crippen molar-refractivity contribution in [3.05, 3.63) is 90.5 Å². The van der Waals surface area contributed by atoms with Gasteiger partial charge in [-0.05, 0) is 61.2 Å². The number of methoxy groups -OCH3 is 1. The lowest BCUT2D eigenvalue weighted by atomic mass is 9.85. The normalized spacial score (nSPS) is 16.4. The number of ether oxygens (including phenoxy) is 1. The van der Waals surface area contributed by atoms with Crippen LogP contribution in [0.15, 0.2) is 84.9 Å². The third kappa shape index (κ3) is 5.74. The monoisotopic (exact) mass is 526 g/mol. The molecule has 0 aliphatic carbocycles. The second-order valence-electron chi connectivity index (χ2n) is 10.1. The van der Waals surface area contributed by atoms with Gasteiger partial charge in [0.25, 0.3) is 5.91 Å². The quantitative estimate of drug-likeness (QED) is 0.481. The highest BCUT2D eigenvalue weighted by molar-refractivity contribution is 5.99. The van der Waals surface area contributed by atoms with Crippen molar-refractivity contribution in [2.24, 2.45) is 0 Å². The van der Waals surface area contributed by atoms with Crippen molar-refractivity contribution in [2.45, 2.75) is 31.2 Å². The summed E-state index contributed by atoms with van der Waals surface area (Å²) in [6, 6.07) is 26.9. The molecule has 1 spiro atoms. The van der Waals surface area contributed by atoms with E-state index in [0.717, 1.165) is 11.3 Å². The van der Waals surface area contributed by atoms with Crippen molar-refractivity contribution in [1.29, 1.82) is 0 Å². The van der Waals surface area contributed by atoms with E-state index in [1.165, 1.54) is 0 Å². The summed E-state index contributed by atoms with van der Waals surface area (Å²) in [7, 11) is 1.59. The van der Waals surface area contributed by atoms with Gasteiger partial charge in [-0.3, -0.25) is 14.4 Å². The van der Waals surface area contributed by atoms with Gasteiger partial charge in [0.1, 0.15) is 17.8 Å². The molecule has 0 bridgehead atoms. The summed E-state index contributed by atoms with van der Waals surface area (Å²) >= 11 is 0. The molecule has 0 aromatic heterocycles. The van der Waals surface area contributed by atoms with E-state index < -0.39 is 5.54 Å². The van der Waals surface area contributed by atoms with Gasteiger partial charge in [-0.1, -0.05) is 48.5 Å². The van der Waals surface area contributed by atoms with E-state index in [4.69, 9.17) is 4.74 Å². The molecule has 1 N–H and O–H groups in total. The van der Waals surface area contributed by atoms with Crippen molar-refractivity contribution in [1.82, 2.24) is 9.80 Å². The average molecular weight is 527 g/mol. The summed E-state index contributed by atoms with van der Waals surface area (Å²) in [4.78, 5) is 45.4. The fraction of sp³-hybridized carbons (Fsp3) is 0.323. The SMILES string of the molecule is COc1ccc(NC(=O)CN2CN(c3ccccc3)C3(CCN(C(=O)CCc4ccccc4)CC3)C2=O)cc1. The molecule has 2 fully saturated rings. The molecule has 5 rings (SSSR count). The molecule has 39 heavy (non-hydrogen) atoms. The number of hydrogen-bond donors (Lipinski definition) is 1. The Morgan fingerprint density at radius 2 is 1.54 bits per heavy atom. The van der Waals surface area contributed by atoms with E-state index in [1.54, 1.807) is 36.3 Å². The number of amides is 3. The molecule has 202 valence electrons. The molecular weight excluding hydrogens is 492 g/mol. The third-order valence-corrected chi connectivity index (χ3v) is 7.70. The first kappa shape index (κ1) is 26.3. The summed E-state index contributed by atoms with van der Waals surface area (Å²) in [6.45, 7) is 1.29. The minimum absolute atomic E-state index is 0.0460.